The van der Waals surface area contributed by atoms with Crippen LogP contribution in [0.15, 0.2) is 30.7 Å². The maximum absolute atomic E-state index is 14.6. The Bertz CT molecular complexity index is 1640. The predicted octanol–water partition coefficient (Wildman–Crippen LogP) is 4.46. The number of aromatic nitrogens is 5. The maximum Gasteiger partial charge on any atom is 0.282 e. The number of ether oxygens (including phenoxy) is 1. The second kappa shape index (κ2) is 11.6. The van der Waals surface area contributed by atoms with Crippen LogP contribution in [-0.4, -0.2) is 74.2 Å². The van der Waals surface area contributed by atoms with Gasteiger partial charge in [0.05, 0.1) is 5.69 Å². The summed E-state index contributed by atoms with van der Waals surface area (Å²) in [5.41, 5.74) is 2.06. The summed E-state index contributed by atoms with van der Waals surface area (Å²) >= 11 is 0. The summed E-state index contributed by atoms with van der Waals surface area (Å²) in [4.78, 5) is 29.6. The van der Waals surface area contributed by atoms with E-state index >= 15 is 0 Å². The zero-order valence-electron chi connectivity index (χ0n) is 25.9. The highest BCUT2D eigenvalue weighted by molar-refractivity contribution is 5.74. The molecule has 1 amide bonds. The van der Waals surface area contributed by atoms with Gasteiger partial charge in [0, 0.05) is 73.8 Å². The average molecular weight is 612 g/mol. The fourth-order valence-electron chi connectivity index (χ4n) is 7.78. The van der Waals surface area contributed by atoms with Crippen molar-refractivity contribution in [1.29, 1.82) is 5.26 Å². The van der Waals surface area contributed by atoms with E-state index in [1.54, 1.807) is 19.2 Å². The molecule has 4 fully saturated rings. The topological polar surface area (TPSA) is 133 Å². The van der Waals surface area contributed by atoms with E-state index in [2.05, 4.69) is 54.1 Å². The van der Waals surface area contributed by atoms with Crippen molar-refractivity contribution in [2.75, 3.05) is 31.1 Å². The Morgan fingerprint density at radius 1 is 1.18 bits per heavy atom. The number of carbonyl (C=O) groups is 1. The van der Waals surface area contributed by atoms with Crippen molar-refractivity contribution in [2.24, 2.45) is 17.3 Å². The standard InChI is InChI=1S/C33H38FN9O2/c1-19(2)30(22-10-24(11-22)39-20(3)44)43-16-33(17-43)8-9-42(15-33)31-32(41-38-18-37-31)45-27-7-6-23(34)12-25(27)26-14-36-28(13-35)40-29(26)21-4-5-21/h6-7,12,14,18-19,21-22,24,30H,4-5,8-11,15-17H2,1-3H3,(H,39,44)/t22?,24?,30-/m1/s1. The number of nitriles is 1. The molecule has 0 radical (unpaired) electrons. The SMILES string of the molecule is CC(=O)NC1CC([C@@H](C(C)C)N2CC3(CCN(c4ncnnc4Oc4ccc(F)cc4-c4cnc(C#N)nc4C4CC4)C3)C2)C1. The number of nitrogens with zero attached hydrogens (tertiary/aromatic N) is 8. The van der Waals surface area contributed by atoms with E-state index in [9.17, 15) is 14.4 Å². The molecule has 0 unspecified atom stereocenters. The molecule has 234 valence electrons. The Kier molecular flexibility index (Phi) is 7.60. The maximum atomic E-state index is 14.6. The van der Waals surface area contributed by atoms with E-state index in [1.165, 1.54) is 18.5 Å². The van der Waals surface area contributed by atoms with Gasteiger partial charge in [-0.15, -0.1) is 10.2 Å². The van der Waals surface area contributed by atoms with Gasteiger partial charge in [-0.25, -0.2) is 19.3 Å². The van der Waals surface area contributed by atoms with Gasteiger partial charge in [-0.2, -0.15) is 5.26 Å². The lowest BCUT2D eigenvalue weighted by Crippen LogP contribution is -2.65. The smallest absolute Gasteiger partial charge is 0.282 e. The number of nitrogens with one attached hydrogen (secondary N) is 1. The first kappa shape index (κ1) is 29.5. The van der Waals surface area contributed by atoms with Crippen molar-refractivity contribution in [3.8, 4) is 28.8 Å². The lowest BCUT2D eigenvalue weighted by Gasteiger charge is -2.57. The summed E-state index contributed by atoms with van der Waals surface area (Å²) in [6.45, 7) is 9.94. The molecule has 45 heavy (non-hydrogen) atoms. The Balaban J connectivity index is 1.07. The molecule has 1 spiro atoms. The monoisotopic (exact) mass is 611 g/mol. The molecule has 3 aromatic rings. The predicted molar refractivity (Wildman–Crippen MR) is 164 cm³/mol. The number of amides is 1. The number of hydrogen-bond acceptors (Lipinski definition) is 10. The normalized spacial score (nSPS) is 22.9. The summed E-state index contributed by atoms with van der Waals surface area (Å²) in [5, 5.41) is 20.8. The van der Waals surface area contributed by atoms with Crippen LogP contribution in [-0.2, 0) is 4.79 Å². The zero-order valence-corrected chi connectivity index (χ0v) is 25.9. The zero-order chi connectivity index (χ0) is 31.3. The van der Waals surface area contributed by atoms with Crippen LogP contribution in [0.2, 0.25) is 0 Å². The lowest BCUT2D eigenvalue weighted by molar-refractivity contribution is -0.121. The molecule has 7 rings (SSSR count). The fraction of sp³-hybridized carbons (Fsp3) is 0.545. The largest absolute Gasteiger partial charge is 0.434 e. The van der Waals surface area contributed by atoms with Gasteiger partial charge in [0.1, 0.15) is 24.0 Å². The van der Waals surface area contributed by atoms with Crippen molar-refractivity contribution in [2.45, 2.75) is 70.9 Å². The van der Waals surface area contributed by atoms with Gasteiger partial charge in [0.2, 0.25) is 11.7 Å². The molecular weight excluding hydrogens is 573 g/mol. The Labute approximate surface area is 262 Å². The first-order valence-corrected chi connectivity index (χ1v) is 15.9. The van der Waals surface area contributed by atoms with Gasteiger partial charge >= 0.3 is 0 Å². The molecule has 1 aromatic carbocycles. The molecule has 2 saturated heterocycles. The Morgan fingerprint density at radius 3 is 2.69 bits per heavy atom. The van der Waals surface area contributed by atoms with E-state index < -0.39 is 5.82 Å². The molecule has 1 N–H and O–H groups in total. The van der Waals surface area contributed by atoms with Crippen molar-refractivity contribution in [3.05, 3.63) is 48.1 Å². The minimum absolute atomic E-state index is 0.0537. The summed E-state index contributed by atoms with van der Waals surface area (Å²) in [6, 6.07) is 7.17. The number of likely N-dealkylation sites (tertiary alicyclic amines) is 1. The number of rotatable bonds is 9. The van der Waals surface area contributed by atoms with Crippen LogP contribution < -0.4 is 15.0 Å². The Morgan fingerprint density at radius 2 is 1.98 bits per heavy atom. The molecule has 11 nitrogen and oxygen atoms in total. The quantitative estimate of drug-likeness (QED) is 0.370. The van der Waals surface area contributed by atoms with Gasteiger partial charge in [-0.05, 0) is 62.1 Å². The second-order valence-electron chi connectivity index (χ2n) is 13.7. The molecule has 4 aliphatic rings. The van der Waals surface area contributed by atoms with E-state index in [0.29, 0.717) is 46.6 Å². The highest BCUT2D eigenvalue weighted by Gasteiger charge is 2.53. The number of anilines is 1. The lowest BCUT2D eigenvalue weighted by atomic mass is 9.68. The molecule has 4 heterocycles. The number of carbonyl (C=O) groups excluding carboxylic acids is 1. The van der Waals surface area contributed by atoms with Crippen LogP contribution in [0.25, 0.3) is 11.1 Å². The summed E-state index contributed by atoms with van der Waals surface area (Å²) in [7, 11) is 0. The van der Waals surface area contributed by atoms with Crippen LogP contribution in [0.4, 0.5) is 10.2 Å². The first-order valence-electron chi connectivity index (χ1n) is 15.9. The van der Waals surface area contributed by atoms with Crippen molar-refractivity contribution < 1.29 is 13.9 Å². The number of halogens is 1. The van der Waals surface area contributed by atoms with Gasteiger partial charge in [-0.1, -0.05) is 13.8 Å². The summed E-state index contributed by atoms with van der Waals surface area (Å²) in [5.74, 6) is 2.38. The molecule has 12 heteroatoms. The summed E-state index contributed by atoms with van der Waals surface area (Å²) in [6.07, 6.45) is 8.08. The van der Waals surface area contributed by atoms with Gasteiger partial charge in [0.15, 0.2) is 5.82 Å². The van der Waals surface area contributed by atoms with E-state index in [-0.39, 0.29) is 28.9 Å². The van der Waals surface area contributed by atoms with Crippen LogP contribution in [0.5, 0.6) is 11.6 Å². The van der Waals surface area contributed by atoms with Gasteiger partial charge in [0.25, 0.3) is 5.88 Å². The van der Waals surface area contributed by atoms with Crippen LogP contribution in [0.3, 0.4) is 0 Å². The molecular formula is C33H38FN9O2. The van der Waals surface area contributed by atoms with E-state index in [1.807, 2.05) is 6.07 Å². The first-order chi connectivity index (χ1) is 21.7. The Hall–Kier alpha value is -4.24. The van der Waals surface area contributed by atoms with Crippen LogP contribution >= 0.6 is 0 Å². The van der Waals surface area contributed by atoms with Crippen LogP contribution in [0.1, 0.15) is 70.3 Å². The molecule has 2 saturated carbocycles. The van der Waals surface area contributed by atoms with E-state index in [0.717, 1.165) is 64.0 Å². The second-order valence-corrected chi connectivity index (χ2v) is 13.7. The van der Waals surface area contributed by atoms with Crippen LogP contribution in [0, 0.1) is 34.4 Å². The molecule has 2 aliphatic heterocycles. The highest BCUT2D eigenvalue weighted by atomic mass is 19.1. The molecule has 2 aromatic heterocycles. The minimum atomic E-state index is -0.413. The number of benzene rings is 1. The van der Waals surface area contributed by atoms with Gasteiger partial charge < -0.3 is 15.0 Å². The molecule has 1 atom stereocenters. The highest BCUT2D eigenvalue weighted by Crippen LogP contribution is 2.48. The third-order valence-corrected chi connectivity index (χ3v) is 9.88. The third kappa shape index (κ3) is 5.81. The van der Waals surface area contributed by atoms with Crippen molar-refractivity contribution in [1.82, 2.24) is 35.4 Å². The minimum Gasteiger partial charge on any atom is -0.434 e. The number of hydrogen-bond donors (Lipinski definition) is 1. The van der Waals surface area contributed by atoms with Gasteiger partial charge in [-0.3, -0.25) is 9.69 Å². The van der Waals surface area contributed by atoms with Crippen molar-refractivity contribution >= 4 is 11.7 Å². The molecule has 2 aliphatic carbocycles. The van der Waals surface area contributed by atoms with E-state index in [4.69, 9.17) is 4.74 Å². The average Bonchev–Trinajstić information content (AvgIpc) is 3.74. The third-order valence-electron chi connectivity index (χ3n) is 9.88. The summed E-state index contributed by atoms with van der Waals surface area (Å²) < 4.78 is 21.0. The van der Waals surface area contributed by atoms with Crippen molar-refractivity contribution in [3.63, 3.8) is 0 Å². The molecule has 0 bridgehead atoms. The fourth-order valence-corrected chi connectivity index (χ4v) is 7.78.